The van der Waals surface area contributed by atoms with Gasteiger partial charge in [0.2, 0.25) is 0 Å². The topological polar surface area (TPSA) is 58.6 Å². The summed E-state index contributed by atoms with van der Waals surface area (Å²) < 4.78 is 5.25. The Morgan fingerprint density at radius 1 is 1.20 bits per heavy atom. The molecule has 5 nitrogen and oxygen atoms in total. The molecular formula is C13H12Cl2N2O3. The number of nitrogens with zero attached hydrogens (tertiary/aromatic N) is 1. The van der Waals surface area contributed by atoms with E-state index in [1.54, 1.807) is 12.1 Å². The molecule has 3 amide bonds. The van der Waals surface area contributed by atoms with Crippen molar-refractivity contribution in [1.29, 1.82) is 0 Å². The molecule has 0 atom stereocenters. The normalized spacial score (nSPS) is 21.4. The Kier molecular flexibility index (Phi) is 3.36. The number of hydrogen-bond acceptors (Lipinski definition) is 3. The summed E-state index contributed by atoms with van der Waals surface area (Å²) in [5, 5.41) is 3.49. The van der Waals surface area contributed by atoms with Gasteiger partial charge in [0.05, 0.1) is 10.7 Å². The largest absolute Gasteiger partial charge is 0.381 e. The first kappa shape index (κ1) is 13.7. The van der Waals surface area contributed by atoms with Gasteiger partial charge in [-0.15, -0.1) is 0 Å². The Morgan fingerprint density at radius 2 is 1.90 bits per heavy atom. The van der Waals surface area contributed by atoms with E-state index in [9.17, 15) is 9.59 Å². The van der Waals surface area contributed by atoms with E-state index in [0.717, 1.165) is 4.90 Å². The van der Waals surface area contributed by atoms with Crippen LogP contribution in [0.2, 0.25) is 10.0 Å². The molecule has 2 aliphatic heterocycles. The van der Waals surface area contributed by atoms with E-state index in [4.69, 9.17) is 27.9 Å². The molecule has 0 aliphatic carbocycles. The third-order valence-corrected chi connectivity index (χ3v) is 4.21. The van der Waals surface area contributed by atoms with Crippen LogP contribution in [0.1, 0.15) is 12.8 Å². The lowest BCUT2D eigenvalue weighted by molar-refractivity contribution is -0.125. The van der Waals surface area contributed by atoms with Crippen molar-refractivity contribution in [3.8, 4) is 0 Å². The maximum atomic E-state index is 12.6. The smallest absolute Gasteiger partial charge is 0.329 e. The number of benzene rings is 1. The molecule has 0 aromatic heterocycles. The Labute approximate surface area is 125 Å². The zero-order chi connectivity index (χ0) is 14.3. The van der Waals surface area contributed by atoms with E-state index in [1.165, 1.54) is 6.07 Å². The van der Waals surface area contributed by atoms with E-state index in [-0.39, 0.29) is 5.91 Å². The fraction of sp³-hybridized carbons (Fsp3) is 0.385. The van der Waals surface area contributed by atoms with Crippen molar-refractivity contribution in [2.75, 3.05) is 18.1 Å². The first-order valence-electron chi connectivity index (χ1n) is 6.23. The molecule has 1 N–H and O–H groups in total. The lowest BCUT2D eigenvalue weighted by atomic mass is 9.90. The van der Waals surface area contributed by atoms with Crippen LogP contribution in [-0.4, -0.2) is 30.7 Å². The molecule has 0 bridgehead atoms. The van der Waals surface area contributed by atoms with Crippen LogP contribution >= 0.6 is 23.2 Å². The molecular weight excluding hydrogens is 303 g/mol. The molecule has 2 heterocycles. The molecule has 20 heavy (non-hydrogen) atoms. The van der Waals surface area contributed by atoms with Crippen LogP contribution in [0, 0.1) is 0 Å². The number of amides is 3. The van der Waals surface area contributed by atoms with Gasteiger partial charge in [-0.3, -0.25) is 4.79 Å². The fourth-order valence-corrected chi connectivity index (χ4v) is 2.92. The van der Waals surface area contributed by atoms with Crippen molar-refractivity contribution in [3.63, 3.8) is 0 Å². The molecule has 2 aliphatic rings. The van der Waals surface area contributed by atoms with Gasteiger partial charge in [-0.05, 0) is 18.2 Å². The Bertz CT molecular complexity index is 585. The van der Waals surface area contributed by atoms with Crippen molar-refractivity contribution < 1.29 is 14.3 Å². The molecule has 1 aromatic carbocycles. The van der Waals surface area contributed by atoms with Gasteiger partial charge in [-0.1, -0.05) is 23.2 Å². The van der Waals surface area contributed by atoms with Gasteiger partial charge in [0.15, 0.2) is 0 Å². The number of halogens is 2. The summed E-state index contributed by atoms with van der Waals surface area (Å²) in [5.41, 5.74) is -0.564. The minimum absolute atomic E-state index is 0.296. The lowest BCUT2D eigenvalue weighted by Crippen LogP contribution is -2.51. The third kappa shape index (κ3) is 2.06. The number of hydrogen-bond donors (Lipinski definition) is 1. The summed E-state index contributed by atoms with van der Waals surface area (Å²) in [6.07, 6.45) is 0.929. The highest BCUT2D eigenvalue weighted by atomic mass is 35.5. The number of carbonyl (C=O) groups excluding carboxylic acids is 2. The van der Waals surface area contributed by atoms with Crippen LogP contribution in [0.4, 0.5) is 10.5 Å². The van der Waals surface area contributed by atoms with Gasteiger partial charge in [0, 0.05) is 31.1 Å². The number of urea groups is 1. The molecule has 3 rings (SSSR count). The average Bonchev–Trinajstić information content (AvgIpc) is 2.65. The second kappa shape index (κ2) is 4.91. The maximum absolute atomic E-state index is 12.6. The summed E-state index contributed by atoms with van der Waals surface area (Å²) in [7, 11) is 0. The van der Waals surface area contributed by atoms with Crippen LogP contribution in [-0.2, 0) is 9.53 Å². The molecule has 0 saturated carbocycles. The first-order valence-corrected chi connectivity index (χ1v) is 6.99. The Balaban J connectivity index is 2.00. The van der Waals surface area contributed by atoms with Crippen LogP contribution in [0.3, 0.4) is 0 Å². The molecule has 0 unspecified atom stereocenters. The number of rotatable bonds is 1. The number of carbonyl (C=O) groups is 2. The monoisotopic (exact) mass is 314 g/mol. The maximum Gasteiger partial charge on any atom is 0.329 e. The number of anilines is 1. The molecule has 1 aromatic rings. The summed E-state index contributed by atoms with van der Waals surface area (Å²) in [4.78, 5) is 25.9. The van der Waals surface area contributed by atoms with Crippen molar-refractivity contribution in [2.24, 2.45) is 0 Å². The van der Waals surface area contributed by atoms with Gasteiger partial charge in [-0.25, -0.2) is 9.69 Å². The highest BCUT2D eigenvalue weighted by Crippen LogP contribution is 2.36. The average molecular weight is 315 g/mol. The first-order chi connectivity index (χ1) is 9.53. The second-order valence-electron chi connectivity index (χ2n) is 4.86. The van der Waals surface area contributed by atoms with Crippen molar-refractivity contribution >= 4 is 40.8 Å². The summed E-state index contributed by atoms with van der Waals surface area (Å²) in [6.45, 7) is 0.895. The Hall–Kier alpha value is -1.30. The standard InChI is InChI=1S/C13H12Cl2N2O3/c14-8-1-2-9(15)10(7-8)17-11(18)13(16-12(17)19)3-5-20-6-4-13/h1-2,7H,3-6H2,(H,16,19). The quantitative estimate of drug-likeness (QED) is 0.811. The molecule has 7 heteroatoms. The Morgan fingerprint density at radius 3 is 2.60 bits per heavy atom. The molecule has 106 valence electrons. The highest BCUT2D eigenvalue weighted by molar-refractivity contribution is 6.37. The second-order valence-corrected chi connectivity index (χ2v) is 5.70. The molecule has 2 fully saturated rings. The van der Waals surface area contributed by atoms with Gasteiger partial charge in [0.1, 0.15) is 5.54 Å². The van der Waals surface area contributed by atoms with Gasteiger partial charge in [0.25, 0.3) is 5.91 Å². The van der Waals surface area contributed by atoms with Crippen molar-refractivity contribution in [2.45, 2.75) is 18.4 Å². The van der Waals surface area contributed by atoms with Crippen LogP contribution < -0.4 is 10.2 Å². The molecule has 0 radical (unpaired) electrons. The van der Waals surface area contributed by atoms with E-state index >= 15 is 0 Å². The van der Waals surface area contributed by atoms with Crippen molar-refractivity contribution in [1.82, 2.24) is 5.32 Å². The predicted molar refractivity (Wildman–Crippen MR) is 75.3 cm³/mol. The van der Waals surface area contributed by atoms with Crippen molar-refractivity contribution in [3.05, 3.63) is 28.2 Å². The number of ether oxygens (including phenoxy) is 1. The van der Waals surface area contributed by atoms with Crippen LogP contribution in [0.25, 0.3) is 0 Å². The zero-order valence-corrected chi connectivity index (χ0v) is 12.0. The fourth-order valence-electron chi connectivity index (χ4n) is 2.56. The minimum atomic E-state index is -0.874. The SMILES string of the molecule is O=C1NC2(CCOCC2)C(=O)N1c1cc(Cl)ccc1Cl. The van der Waals surface area contributed by atoms with E-state index in [0.29, 0.717) is 41.8 Å². The zero-order valence-electron chi connectivity index (χ0n) is 10.5. The molecule has 1 spiro atoms. The van der Waals surface area contributed by atoms with E-state index in [2.05, 4.69) is 5.32 Å². The van der Waals surface area contributed by atoms with Crippen LogP contribution in [0.15, 0.2) is 18.2 Å². The minimum Gasteiger partial charge on any atom is -0.381 e. The summed E-state index contributed by atoms with van der Waals surface area (Å²) >= 11 is 12.0. The van der Waals surface area contributed by atoms with Crippen LogP contribution in [0.5, 0.6) is 0 Å². The molecule has 2 saturated heterocycles. The van der Waals surface area contributed by atoms with E-state index in [1.807, 2.05) is 0 Å². The van der Waals surface area contributed by atoms with E-state index < -0.39 is 11.6 Å². The highest BCUT2D eigenvalue weighted by Gasteiger charge is 2.52. The van der Waals surface area contributed by atoms with Gasteiger partial charge in [-0.2, -0.15) is 0 Å². The summed E-state index contributed by atoms with van der Waals surface area (Å²) in [6, 6.07) is 4.21. The predicted octanol–water partition coefficient (Wildman–Crippen LogP) is 2.60. The van der Waals surface area contributed by atoms with Gasteiger partial charge >= 0.3 is 6.03 Å². The summed E-state index contributed by atoms with van der Waals surface area (Å²) in [5.74, 6) is -0.296. The third-order valence-electron chi connectivity index (χ3n) is 3.66. The number of imide groups is 1. The van der Waals surface area contributed by atoms with Gasteiger partial charge < -0.3 is 10.1 Å². The number of nitrogens with one attached hydrogen (secondary N) is 1. The lowest BCUT2D eigenvalue weighted by Gasteiger charge is -2.30.